The van der Waals surface area contributed by atoms with Crippen molar-refractivity contribution in [1.82, 2.24) is 10.0 Å². The third-order valence-corrected chi connectivity index (χ3v) is 10.5. The Labute approximate surface area is 288 Å². The maximum absolute atomic E-state index is 13.0. The van der Waals surface area contributed by atoms with E-state index >= 15 is 0 Å². The van der Waals surface area contributed by atoms with Crippen molar-refractivity contribution < 1.29 is 13.2 Å². The second-order valence-corrected chi connectivity index (χ2v) is 15.2. The number of anilines is 1. The number of nitrogens with one attached hydrogen (secondary N) is 2. The van der Waals surface area contributed by atoms with Gasteiger partial charge in [0.15, 0.2) is 0 Å². The van der Waals surface area contributed by atoms with E-state index in [0.717, 1.165) is 68.0 Å². The quantitative estimate of drug-likeness (QED) is 0.0667. The summed E-state index contributed by atoms with van der Waals surface area (Å²) in [5.74, 6) is 0.206. The number of allylic oxidation sites excluding steroid dienone is 2. The van der Waals surface area contributed by atoms with Crippen molar-refractivity contribution in [2.75, 3.05) is 32.1 Å². The highest BCUT2D eigenvalue weighted by molar-refractivity contribution is 7.89. The van der Waals surface area contributed by atoms with Gasteiger partial charge in [-0.3, -0.25) is 4.79 Å². The number of fused-ring (bicyclic) bond motifs is 1. The van der Waals surface area contributed by atoms with E-state index in [1.807, 2.05) is 49.3 Å². The van der Waals surface area contributed by atoms with E-state index in [4.69, 9.17) is 0 Å². The fourth-order valence-corrected chi connectivity index (χ4v) is 7.45. The molecule has 0 saturated heterocycles. The van der Waals surface area contributed by atoms with Gasteiger partial charge in [-0.2, -0.15) is 0 Å². The number of carbonyl (C=O) groups is 1. The van der Waals surface area contributed by atoms with Crippen LogP contribution in [0.4, 0.5) is 5.69 Å². The summed E-state index contributed by atoms with van der Waals surface area (Å²) in [6.07, 6.45) is 30.7. The minimum absolute atomic E-state index is 0.206. The number of hydrogen-bond donors (Lipinski definition) is 2. The Bertz CT molecular complexity index is 1240. The molecule has 6 nitrogen and oxygen atoms in total. The normalized spacial score (nSPS) is 11.9. The minimum Gasteiger partial charge on any atom is -0.377 e. The molecule has 2 rings (SSSR count). The molecule has 0 heterocycles. The van der Waals surface area contributed by atoms with Gasteiger partial charge in [-0.05, 0) is 57.1 Å². The number of benzene rings is 2. The van der Waals surface area contributed by atoms with Gasteiger partial charge in [0.05, 0.1) is 4.90 Å². The molecule has 0 spiro atoms. The van der Waals surface area contributed by atoms with Crippen LogP contribution < -0.4 is 14.9 Å². The Morgan fingerprint density at radius 1 is 0.638 bits per heavy atom. The molecule has 47 heavy (non-hydrogen) atoms. The summed E-state index contributed by atoms with van der Waals surface area (Å²) in [4.78, 5) is 14.5. The van der Waals surface area contributed by atoms with Gasteiger partial charge >= 0.3 is 0 Å². The van der Waals surface area contributed by atoms with Crippen LogP contribution in [-0.4, -0.2) is 41.5 Å². The maximum atomic E-state index is 13.0. The van der Waals surface area contributed by atoms with Crippen LogP contribution in [0, 0.1) is 0 Å². The summed E-state index contributed by atoms with van der Waals surface area (Å²) < 4.78 is 28.9. The first-order valence-corrected chi connectivity index (χ1v) is 20.5. The van der Waals surface area contributed by atoms with Crippen LogP contribution in [0.1, 0.15) is 148 Å². The lowest BCUT2D eigenvalue weighted by Gasteiger charge is -2.17. The van der Waals surface area contributed by atoms with E-state index < -0.39 is 10.0 Å². The predicted octanol–water partition coefficient (Wildman–Crippen LogP) is 10.5. The topological polar surface area (TPSA) is 78.5 Å². The molecule has 0 saturated carbocycles. The lowest BCUT2D eigenvalue weighted by molar-refractivity contribution is -0.121. The summed E-state index contributed by atoms with van der Waals surface area (Å²) in [5, 5.41) is 4.79. The van der Waals surface area contributed by atoms with Gasteiger partial charge in [0.2, 0.25) is 15.9 Å². The Morgan fingerprint density at radius 3 is 1.77 bits per heavy atom. The van der Waals surface area contributed by atoms with Crippen molar-refractivity contribution in [3.8, 4) is 0 Å². The Balaban J connectivity index is 1.38. The Kier molecular flexibility index (Phi) is 22.2. The van der Waals surface area contributed by atoms with Crippen molar-refractivity contribution >= 4 is 32.4 Å². The largest absolute Gasteiger partial charge is 0.377 e. The van der Waals surface area contributed by atoms with Crippen molar-refractivity contribution in [2.24, 2.45) is 0 Å². The molecule has 0 atom stereocenters. The molecule has 2 aromatic carbocycles. The highest BCUT2D eigenvalue weighted by Crippen LogP contribution is 2.30. The van der Waals surface area contributed by atoms with E-state index in [1.165, 1.54) is 89.9 Å². The summed E-state index contributed by atoms with van der Waals surface area (Å²) >= 11 is 0. The second kappa shape index (κ2) is 25.6. The second-order valence-electron chi connectivity index (χ2n) is 13.4. The monoisotopic (exact) mass is 669 g/mol. The van der Waals surface area contributed by atoms with Gasteiger partial charge in [-0.15, -0.1) is 0 Å². The number of hydrogen-bond acceptors (Lipinski definition) is 4. The van der Waals surface area contributed by atoms with Gasteiger partial charge < -0.3 is 10.2 Å². The van der Waals surface area contributed by atoms with Crippen molar-refractivity contribution in [1.29, 1.82) is 0 Å². The van der Waals surface area contributed by atoms with Crippen molar-refractivity contribution in [2.45, 2.75) is 153 Å². The van der Waals surface area contributed by atoms with Crippen LogP contribution in [0.5, 0.6) is 0 Å². The fourth-order valence-electron chi connectivity index (χ4n) is 6.16. The zero-order chi connectivity index (χ0) is 34.0. The molecule has 0 fully saturated rings. The van der Waals surface area contributed by atoms with Crippen LogP contribution >= 0.6 is 0 Å². The first-order valence-electron chi connectivity index (χ1n) is 19.0. The van der Waals surface area contributed by atoms with Gasteiger partial charge in [-0.25, -0.2) is 13.1 Å². The Morgan fingerprint density at radius 2 is 1.15 bits per heavy atom. The Hall–Kier alpha value is -2.38. The van der Waals surface area contributed by atoms with Crippen LogP contribution in [0.15, 0.2) is 53.4 Å². The molecule has 266 valence electrons. The molecule has 1 amide bonds. The molecule has 2 N–H and O–H groups in total. The molecule has 0 unspecified atom stereocenters. The van der Waals surface area contributed by atoms with E-state index in [2.05, 4.69) is 29.1 Å². The first kappa shape index (κ1) is 40.8. The number of carbonyl (C=O) groups excluding carboxylic acids is 1. The average molecular weight is 670 g/mol. The minimum atomic E-state index is -3.56. The van der Waals surface area contributed by atoms with Gasteiger partial charge in [0, 0.05) is 50.1 Å². The summed E-state index contributed by atoms with van der Waals surface area (Å²) in [6.45, 7) is 3.52. The average Bonchev–Trinajstić information content (AvgIpc) is 3.06. The number of rotatable bonds is 29. The van der Waals surface area contributed by atoms with Crippen LogP contribution in [0.25, 0.3) is 10.8 Å². The highest BCUT2D eigenvalue weighted by atomic mass is 32.2. The van der Waals surface area contributed by atoms with Crippen LogP contribution in [0.2, 0.25) is 0 Å². The smallest absolute Gasteiger partial charge is 0.241 e. The van der Waals surface area contributed by atoms with Crippen molar-refractivity contribution in [3.05, 3.63) is 48.6 Å². The van der Waals surface area contributed by atoms with Crippen LogP contribution in [0.3, 0.4) is 0 Å². The molecule has 0 bridgehead atoms. The molecule has 0 aliphatic heterocycles. The maximum Gasteiger partial charge on any atom is 0.241 e. The zero-order valence-corrected chi connectivity index (χ0v) is 31.0. The van der Waals surface area contributed by atoms with Gasteiger partial charge in [-0.1, -0.05) is 133 Å². The number of unbranched alkanes of at least 4 members (excludes halogenated alkanes) is 18. The molecule has 0 aliphatic carbocycles. The standard InChI is InChI=1S/C40H67N3O3S/c1-4-5-6-7-8-9-10-11-12-13-14-15-18-21-24-33-40(44)41-34-25-22-19-16-17-20-23-26-35-42-47(45,46)39-32-28-29-36-37(39)30-27-31-38(36)43(2)3/h11-12,27-32,42H,4-10,13-26,33-35H2,1-3H3,(H,41,44)/b12-11-. The molecule has 2 aromatic rings. The van der Waals surface area contributed by atoms with E-state index in [9.17, 15) is 13.2 Å². The third kappa shape index (κ3) is 18.1. The molecular weight excluding hydrogens is 603 g/mol. The zero-order valence-electron chi connectivity index (χ0n) is 30.2. The predicted molar refractivity (Wildman–Crippen MR) is 203 cm³/mol. The van der Waals surface area contributed by atoms with E-state index in [0.29, 0.717) is 17.9 Å². The molecule has 7 heteroatoms. The molecular formula is C40H67N3O3S. The van der Waals surface area contributed by atoms with Gasteiger partial charge in [0.25, 0.3) is 0 Å². The molecule has 0 radical (unpaired) electrons. The summed E-state index contributed by atoms with van der Waals surface area (Å²) in [6, 6.07) is 11.3. The lowest BCUT2D eigenvalue weighted by Crippen LogP contribution is -2.25. The summed E-state index contributed by atoms with van der Waals surface area (Å²) in [5.41, 5.74) is 1.01. The fraction of sp³-hybridized carbons (Fsp3) is 0.675. The highest BCUT2D eigenvalue weighted by Gasteiger charge is 2.18. The van der Waals surface area contributed by atoms with Gasteiger partial charge in [0.1, 0.15) is 0 Å². The first-order chi connectivity index (χ1) is 22.9. The lowest BCUT2D eigenvalue weighted by atomic mass is 10.1. The number of nitrogens with zero attached hydrogens (tertiary/aromatic N) is 1. The summed E-state index contributed by atoms with van der Waals surface area (Å²) in [7, 11) is 0.372. The molecule has 0 aromatic heterocycles. The number of amides is 1. The number of sulfonamides is 1. The van der Waals surface area contributed by atoms with E-state index in [-0.39, 0.29) is 5.91 Å². The van der Waals surface area contributed by atoms with Crippen molar-refractivity contribution in [3.63, 3.8) is 0 Å². The van der Waals surface area contributed by atoms with E-state index in [1.54, 1.807) is 6.07 Å². The third-order valence-electron chi connectivity index (χ3n) is 9.01. The SMILES string of the molecule is CCCCCCCC/C=C\CCCCCCCC(=O)NCCCCCCCCCCNS(=O)(=O)c1cccc2c(N(C)C)cccc12. The van der Waals surface area contributed by atoms with Crippen LogP contribution in [-0.2, 0) is 14.8 Å². The molecule has 0 aliphatic rings.